The molecule has 0 aliphatic carbocycles. The zero-order valence-corrected chi connectivity index (χ0v) is 14.2. The smallest absolute Gasteiger partial charge is 0.367 e. The van der Waals surface area contributed by atoms with E-state index in [1.165, 1.54) is 17.0 Å². The molecule has 142 valence electrons. The van der Waals surface area contributed by atoms with Crippen molar-refractivity contribution < 1.29 is 27.5 Å². The fourth-order valence-corrected chi connectivity index (χ4v) is 2.94. The lowest BCUT2D eigenvalue weighted by atomic mass is 9.97. The Morgan fingerprint density at radius 3 is 2.37 bits per heavy atom. The van der Waals surface area contributed by atoms with E-state index >= 15 is 0 Å². The number of morpholine rings is 1. The molecule has 0 saturated carbocycles. The van der Waals surface area contributed by atoms with Crippen LogP contribution in [0.3, 0.4) is 0 Å². The van der Waals surface area contributed by atoms with Gasteiger partial charge in [-0.2, -0.15) is 13.2 Å². The molecule has 27 heavy (non-hydrogen) atoms. The minimum Gasteiger partial charge on any atom is -0.367 e. The van der Waals surface area contributed by atoms with Gasteiger partial charge in [0.2, 0.25) is 5.91 Å². The normalized spacial score (nSPS) is 17.6. The maximum Gasteiger partial charge on any atom is 0.416 e. The van der Waals surface area contributed by atoms with Gasteiger partial charge in [-0.15, -0.1) is 0 Å². The summed E-state index contributed by atoms with van der Waals surface area (Å²) in [5, 5.41) is 0. The van der Waals surface area contributed by atoms with Crippen LogP contribution in [0.15, 0.2) is 48.5 Å². The lowest BCUT2D eigenvalue weighted by Gasteiger charge is -2.31. The molecule has 1 aliphatic heterocycles. The van der Waals surface area contributed by atoms with Crippen molar-refractivity contribution in [2.75, 3.05) is 19.7 Å². The molecular formula is C19H17F3N2O3. The number of carbonyl (C=O) groups is 2. The summed E-state index contributed by atoms with van der Waals surface area (Å²) in [7, 11) is 0. The van der Waals surface area contributed by atoms with Gasteiger partial charge in [0, 0.05) is 12.1 Å². The number of carbonyl (C=O) groups excluding carboxylic acids is 2. The Morgan fingerprint density at radius 1 is 1.07 bits per heavy atom. The standard InChI is InChI=1S/C19H17F3N2O3/c20-19(21,22)13-7-5-12(6-8-13)14-3-1-2-4-15(14)18(26)24-9-10-27-16(11-24)17(23)25/h1-8,16H,9-11H2,(H2,23,25)/t16-/m0/s1. The van der Waals surface area contributed by atoms with Crippen molar-refractivity contribution in [3.8, 4) is 11.1 Å². The molecule has 0 spiro atoms. The Morgan fingerprint density at radius 2 is 1.74 bits per heavy atom. The van der Waals surface area contributed by atoms with Gasteiger partial charge in [0.25, 0.3) is 5.91 Å². The maximum atomic E-state index is 12.9. The van der Waals surface area contributed by atoms with Crippen LogP contribution in [0.5, 0.6) is 0 Å². The second-order valence-electron chi connectivity index (χ2n) is 6.13. The molecule has 5 nitrogen and oxygen atoms in total. The van der Waals surface area contributed by atoms with Crippen LogP contribution >= 0.6 is 0 Å². The molecule has 2 amide bonds. The van der Waals surface area contributed by atoms with Crippen LogP contribution in [0.25, 0.3) is 11.1 Å². The Hall–Kier alpha value is -2.87. The van der Waals surface area contributed by atoms with Crippen molar-refractivity contribution in [2.24, 2.45) is 5.73 Å². The molecule has 0 bridgehead atoms. The first-order valence-electron chi connectivity index (χ1n) is 8.24. The van der Waals surface area contributed by atoms with E-state index in [1.54, 1.807) is 24.3 Å². The second-order valence-corrected chi connectivity index (χ2v) is 6.13. The van der Waals surface area contributed by atoms with E-state index in [1.807, 2.05) is 0 Å². The Labute approximate surface area is 153 Å². The van der Waals surface area contributed by atoms with Crippen LogP contribution in [0, 0.1) is 0 Å². The van der Waals surface area contributed by atoms with Crippen molar-refractivity contribution in [1.82, 2.24) is 4.90 Å². The van der Waals surface area contributed by atoms with Gasteiger partial charge in [-0.05, 0) is 29.3 Å². The summed E-state index contributed by atoms with van der Waals surface area (Å²) in [4.78, 5) is 25.7. The van der Waals surface area contributed by atoms with Gasteiger partial charge in [-0.25, -0.2) is 0 Å². The quantitative estimate of drug-likeness (QED) is 0.893. The van der Waals surface area contributed by atoms with Crippen LogP contribution in [0.1, 0.15) is 15.9 Å². The first kappa shape index (κ1) is 18.9. The molecule has 1 aliphatic rings. The van der Waals surface area contributed by atoms with Gasteiger partial charge in [0.05, 0.1) is 18.7 Å². The molecule has 2 aromatic rings. The van der Waals surface area contributed by atoms with Gasteiger partial charge in [-0.1, -0.05) is 30.3 Å². The number of amides is 2. The molecule has 1 saturated heterocycles. The molecule has 1 atom stereocenters. The molecule has 0 aromatic heterocycles. The second kappa shape index (κ2) is 7.40. The number of alkyl halides is 3. The van der Waals surface area contributed by atoms with Gasteiger partial charge in [0.1, 0.15) is 0 Å². The predicted molar refractivity (Wildman–Crippen MR) is 91.7 cm³/mol. The number of halogens is 3. The average molecular weight is 378 g/mol. The number of hydrogen-bond donors (Lipinski definition) is 1. The third kappa shape index (κ3) is 4.11. The fourth-order valence-electron chi connectivity index (χ4n) is 2.94. The summed E-state index contributed by atoms with van der Waals surface area (Å²) in [6, 6.07) is 11.3. The summed E-state index contributed by atoms with van der Waals surface area (Å²) in [6.07, 6.45) is -5.30. The zero-order valence-electron chi connectivity index (χ0n) is 14.2. The lowest BCUT2D eigenvalue weighted by molar-refractivity contribution is -0.137. The lowest BCUT2D eigenvalue weighted by Crippen LogP contribution is -2.50. The molecule has 8 heteroatoms. The zero-order chi connectivity index (χ0) is 19.6. The molecular weight excluding hydrogens is 361 g/mol. The molecule has 1 heterocycles. The summed E-state index contributed by atoms with van der Waals surface area (Å²) < 4.78 is 43.5. The van der Waals surface area contributed by atoms with Gasteiger partial charge < -0.3 is 15.4 Å². The SMILES string of the molecule is NC(=O)[C@@H]1CN(C(=O)c2ccccc2-c2ccc(C(F)(F)F)cc2)CCO1. The Balaban J connectivity index is 1.90. The van der Waals surface area contributed by atoms with Crippen molar-refractivity contribution in [2.45, 2.75) is 12.3 Å². The van der Waals surface area contributed by atoms with Crippen LogP contribution in [-0.4, -0.2) is 42.5 Å². The number of rotatable bonds is 3. The minimum atomic E-state index is -4.43. The fraction of sp³-hybridized carbons (Fsp3) is 0.263. The summed E-state index contributed by atoms with van der Waals surface area (Å²) in [5.74, 6) is -0.983. The monoisotopic (exact) mass is 378 g/mol. The Kier molecular flexibility index (Phi) is 5.18. The minimum absolute atomic E-state index is 0.0372. The number of nitrogens with zero attached hydrogens (tertiary/aromatic N) is 1. The molecule has 2 aromatic carbocycles. The van der Waals surface area contributed by atoms with E-state index in [0.29, 0.717) is 23.2 Å². The van der Waals surface area contributed by atoms with E-state index in [0.717, 1.165) is 12.1 Å². The van der Waals surface area contributed by atoms with Crippen LogP contribution < -0.4 is 5.73 Å². The molecule has 0 radical (unpaired) electrons. The summed E-state index contributed by atoms with van der Waals surface area (Å²) >= 11 is 0. The number of ether oxygens (including phenoxy) is 1. The highest BCUT2D eigenvalue weighted by Gasteiger charge is 2.31. The maximum absolute atomic E-state index is 12.9. The number of hydrogen-bond acceptors (Lipinski definition) is 3. The third-order valence-corrected chi connectivity index (χ3v) is 4.35. The van der Waals surface area contributed by atoms with E-state index in [2.05, 4.69) is 0 Å². The largest absolute Gasteiger partial charge is 0.416 e. The molecule has 1 fully saturated rings. The summed E-state index contributed by atoms with van der Waals surface area (Å²) in [6.45, 7) is 0.515. The van der Waals surface area contributed by atoms with Gasteiger partial charge >= 0.3 is 6.18 Å². The number of primary amides is 1. The number of benzene rings is 2. The average Bonchev–Trinajstić information content (AvgIpc) is 2.67. The van der Waals surface area contributed by atoms with Crippen molar-refractivity contribution >= 4 is 11.8 Å². The van der Waals surface area contributed by atoms with Gasteiger partial charge in [0.15, 0.2) is 6.10 Å². The highest BCUT2D eigenvalue weighted by atomic mass is 19.4. The highest BCUT2D eigenvalue weighted by Crippen LogP contribution is 2.32. The van der Waals surface area contributed by atoms with E-state index < -0.39 is 23.8 Å². The first-order valence-corrected chi connectivity index (χ1v) is 8.24. The first-order chi connectivity index (χ1) is 12.8. The Bertz CT molecular complexity index is 850. The van der Waals surface area contributed by atoms with E-state index in [4.69, 9.17) is 10.5 Å². The van der Waals surface area contributed by atoms with Crippen LogP contribution in [0.2, 0.25) is 0 Å². The molecule has 3 rings (SSSR count). The van der Waals surface area contributed by atoms with Gasteiger partial charge in [-0.3, -0.25) is 9.59 Å². The van der Waals surface area contributed by atoms with E-state index in [-0.39, 0.29) is 19.1 Å². The molecule has 2 N–H and O–H groups in total. The highest BCUT2D eigenvalue weighted by molar-refractivity contribution is 6.01. The number of nitrogens with two attached hydrogens (primary N) is 1. The van der Waals surface area contributed by atoms with Crippen molar-refractivity contribution in [1.29, 1.82) is 0 Å². The topological polar surface area (TPSA) is 72.6 Å². The third-order valence-electron chi connectivity index (χ3n) is 4.35. The van der Waals surface area contributed by atoms with Crippen molar-refractivity contribution in [3.05, 3.63) is 59.7 Å². The van der Waals surface area contributed by atoms with Crippen LogP contribution in [0.4, 0.5) is 13.2 Å². The summed E-state index contributed by atoms with van der Waals surface area (Å²) in [5.41, 5.74) is 5.83. The van der Waals surface area contributed by atoms with Crippen molar-refractivity contribution in [3.63, 3.8) is 0 Å². The van der Waals surface area contributed by atoms with E-state index in [9.17, 15) is 22.8 Å². The predicted octanol–water partition coefficient (Wildman–Crippen LogP) is 2.70. The van der Waals surface area contributed by atoms with Crippen LogP contribution in [-0.2, 0) is 15.7 Å². The molecule has 0 unspecified atom stereocenters.